The van der Waals surface area contributed by atoms with E-state index in [0.29, 0.717) is 6.54 Å². The van der Waals surface area contributed by atoms with Gasteiger partial charge in [0.2, 0.25) is 5.91 Å². The number of methoxy groups -OCH3 is 1. The van der Waals surface area contributed by atoms with Crippen LogP contribution in [0, 0.1) is 0 Å². The van der Waals surface area contributed by atoms with Gasteiger partial charge in [0, 0.05) is 44.7 Å². The Hall–Kier alpha value is -2.47. The Morgan fingerprint density at radius 1 is 1.29 bits per heavy atom. The summed E-state index contributed by atoms with van der Waals surface area (Å²) in [5, 5.41) is 0. The average molecular weight is 380 g/mol. The Morgan fingerprint density at radius 2 is 2.18 bits per heavy atom. The molecule has 0 aliphatic carbocycles. The zero-order chi connectivity index (χ0) is 19.5. The lowest BCUT2D eigenvalue weighted by Crippen LogP contribution is -2.36. The van der Waals surface area contributed by atoms with E-state index in [2.05, 4.69) is 17.0 Å². The van der Waals surface area contributed by atoms with Gasteiger partial charge in [0.05, 0.1) is 18.8 Å². The molecule has 1 aromatic carbocycles. The van der Waals surface area contributed by atoms with Gasteiger partial charge < -0.3 is 9.64 Å². The molecule has 1 atom stereocenters. The number of carbonyl (C=O) groups is 1. The number of benzene rings is 1. The summed E-state index contributed by atoms with van der Waals surface area (Å²) in [4.78, 5) is 25.7. The molecule has 1 amide bonds. The second kappa shape index (κ2) is 8.27. The second-order valence-corrected chi connectivity index (χ2v) is 7.72. The summed E-state index contributed by atoms with van der Waals surface area (Å²) >= 11 is 0. The highest BCUT2D eigenvalue weighted by molar-refractivity contribution is 5.73. The number of rotatable bonds is 4. The average Bonchev–Trinajstić information content (AvgIpc) is 2.73. The SMILES string of the molecule is COc1cccc(CN2CCCCC2c2ncc3c(n2)CCN(C(C)=O)C3)c1. The monoisotopic (exact) mass is 380 g/mol. The van der Waals surface area contributed by atoms with Gasteiger partial charge in [0.1, 0.15) is 11.6 Å². The number of hydrogen-bond donors (Lipinski definition) is 0. The van der Waals surface area contributed by atoms with E-state index in [1.807, 2.05) is 23.2 Å². The maximum absolute atomic E-state index is 11.7. The van der Waals surface area contributed by atoms with Gasteiger partial charge in [-0.3, -0.25) is 9.69 Å². The number of piperidine rings is 1. The number of fused-ring (bicyclic) bond motifs is 1. The summed E-state index contributed by atoms with van der Waals surface area (Å²) < 4.78 is 5.37. The summed E-state index contributed by atoms with van der Waals surface area (Å²) in [6.07, 6.45) is 6.25. The van der Waals surface area contributed by atoms with Crippen LogP contribution < -0.4 is 4.74 Å². The maximum atomic E-state index is 11.7. The molecular weight excluding hydrogens is 352 g/mol. The van der Waals surface area contributed by atoms with E-state index in [9.17, 15) is 4.79 Å². The van der Waals surface area contributed by atoms with Gasteiger partial charge in [-0.2, -0.15) is 0 Å². The number of carbonyl (C=O) groups excluding carboxylic acids is 1. The van der Waals surface area contributed by atoms with Crippen molar-refractivity contribution in [2.45, 2.75) is 51.7 Å². The molecule has 1 unspecified atom stereocenters. The summed E-state index contributed by atoms with van der Waals surface area (Å²) in [5.41, 5.74) is 3.44. The molecule has 1 saturated heterocycles. The molecule has 0 spiro atoms. The minimum atomic E-state index is 0.117. The molecule has 0 saturated carbocycles. The van der Waals surface area contributed by atoms with Crippen LogP contribution in [0.5, 0.6) is 5.75 Å². The van der Waals surface area contributed by atoms with Crippen LogP contribution >= 0.6 is 0 Å². The molecule has 0 bridgehead atoms. The molecule has 4 rings (SSSR count). The quantitative estimate of drug-likeness (QED) is 0.816. The van der Waals surface area contributed by atoms with E-state index in [0.717, 1.165) is 55.3 Å². The molecule has 2 aromatic rings. The molecule has 0 radical (unpaired) electrons. The van der Waals surface area contributed by atoms with Crippen LogP contribution in [0.1, 0.15) is 54.9 Å². The van der Waals surface area contributed by atoms with Crippen molar-refractivity contribution in [1.29, 1.82) is 0 Å². The summed E-state index contributed by atoms with van der Waals surface area (Å²) in [5.74, 6) is 1.94. The van der Waals surface area contributed by atoms with E-state index in [1.54, 1.807) is 14.0 Å². The van der Waals surface area contributed by atoms with Crippen LogP contribution in [0.15, 0.2) is 30.5 Å². The summed E-state index contributed by atoms with van der Waals surface area (Å²) in [6.45, 7) is 4.93. The predicted molar refractivity (Wildman–Crippen MR) is 107 cm³/mol. The zero-order valence-electron chi connectivity index (χ0n) is 16.7. The number of hydrogen-bond acceptors (Lipinski definition) is 5. The fourth-order valence-electron chi connectivity index (χ4n) is 4.24. The van der Waals surface area contributed by atoms with Crippen LogP contribution in [0.4, 0.5) is 0 Å². The zero-order valence-corrected chi connectivity index (χ0v) is 16.7. The van der Waals surface area contributed by atoms with Crippen molar-refractivity contribution in [3.05, 3.63) is 53.1 Å². The highest BCUT2D eigenvalue weighted by Gasteiger charge is 2.28. The highest BCUT2D eigenvalue weighted by atomic mass is 16.5. The van der Waals surface area contributed by atoms with E-state index < -0.39 is 0 Å². The molecule has 1 fully saturated rings. The minimum Gasteiger partial charge on any atom is -0.497 e. The van der Waals surface area contributed by atoms with Gasteiger partial charge in [-0.1, -0.05) is 18.6 Å². The van der Waals surface area contributed by atoms with Crippen LogP contribution in [-0.4, -0.2) is 45.9 Å². The lowest BCUT2D eigenvalue weighted by molar-refractivity contribution is -0.129. The first kappa shape index (κ1) is 18.9. The lowest BCUT2D eigenvalue weighted by atomic mass is 9.99. The Morgan fingerprint density at radius 3 is 3.00 bits per heavy atom. The normalized spacial score (nSPS) is 19.9. The topological polar surface area (TPSA) is 58.6 Å². The predicted octanol–water partition coefficient (Wildman–Crippen LogP) is 3.12. The molecular formula is C22H28N4O2. The van der Waals surface area contributed by atoms with E-state index in [1.165, 1.54) is 18.4 Å². The van der Waals surface area contributed by atoms with Crippen molar-refractivity contribution in [2.75, 3.05) is 20.2 Å². The van der Waals surface area contributed by atoms with Crippen molar-refractivity contribution in [3.63, 3.8) is 0 Å². The third kappa shape index (κ3) is 4.02. The molecule has 1 aromatic heterocycles. The van der Waals surface area contributed by atoms with Crippen LogP contribution in [0.3, 0.4) is 0 Å². The first-order chi connectivity index (χ1) is 13.6. The number of aromatic nitrogens is 2. The van der Waals surface area contributed by atoms with Crippen LogP contribution in [0.2, 0.25) is 0 Å². The number of ether oxygens (including phenoxy) is 1. The van der Waals surface area contributed by atoms with Crippen molar-refractivity contribution in [2.24, 2.45) is 0 Å². The van der Waals surface area contributed by atoms with Gasteiger partial charge in [0.25, 0.3) is 0 Å². The van der Waals surface area contributed by atoms with E-state index in [4.69, 9.17) is 14.7 Å². The van der Waals surface area contributed by atoms with Crippen molar-refractivity contribution in [1.82, 2.24) is 19.8 Å². The Kier molecular flexibility index (Phi) is 5.57. The second-order valence-electron chi connectivity index (χ2n) is 7.72. The minimum absolute atomic E-state index is 0.117. The smallest absolute Gasteiger partial charge is 0.219 e. The molecule has 6 nitrogen and oxygen atoms in total. The third-order valence-electron chi connectivity index (χ3n) is 5.83. The fraction of sp³-hybridized carbons (Fsp3) is 0.500. The standard InChI is InChI=1S/C22H28N4O2/c1-16(27)25-11-9-20-18(15-25)13-23-22(24-20)21-8-3-4-10-26(21)14-17-6-5-7-19(12-17)28-2/h5-7,12-13,21H,3-4,8-11,14-15H2,1-2H3. The third-order valence-corrected chi connectivity index (χ3v) is 5.83. The largest absolute Gasteiger partial charge is 0.497 e. The first-order valence-corrected chi connectivity index (χ1v) is 10.1. The number of nitrogens with zero attached hydrogens (tertiary/aromatic N) is 4. The Balaban J connectivity index is 1.54. The molecule has 28 heavy (non-hydrogen) atoms. The Labute approximate surface area is 166 Å². The fourth-order valence-corrected chi connectivity index (χ4v) is 4.24. The molecule has 6 heteroatoms. The van der Waals surface area contributed by atoms with Gasteiger partial charge in [-0.25, -0.2) is 9.97 Å². The molecule has 3 heterocycles. The van der Waals surface area contributed by atoms with Crippen LogP contribution in [0.25, 0.3) is 0 Å². The number of likely N-dealkylation sites (tertiary alicyclic amines) is 1. The summed E-state index contributed by atoms with van der Waals surface area (Å²) in [7, 11) is 1.71. The Bertz CT molecular complexity index is 854. The highest BCUT2D eigenvalue weighted by Crippen LogP contribution is 2.31. The summed E-state index contributed by atoms with van der Waals surface area (Å²) in [6, 6.07) is 8.53. The number of amides is 1. The van der Waals surface area contributed by atoms with Gasteiger partial charge in [-0.15, -0.1) is 0 Å². The van der Waals surface area contributed by atoms with Gasteiger partial charge in [0.15, 0.2) is 0 Å². The maximum Gasteiger partial charge on any atom is 0.219 e. The molecule has 2 aliphatic heterocycles. The van der Waals surface area contributed by atoms with E-state index >= 15 is 0 Å². The lowest BCUT2D eigenvalue weighted by Gasteiger charge is -2.35. The van der Waals surface area contributed by atoms with E-state index in [-0.39, 0.29) is 11.9 Å². The van der Waals surface area contributed by atoms with Crippen LogP contribution in [-0.2, 0) is 24.3 Å². The first-order valence-electron chi connectivity index (χ1n) is 10.1. The molecule has 0 N–H and O–H groups in total. The van der Waals surface area contributed by atoms with Crippen molar-refractivity contribution < 1.29 is 9.53 Å². The molecule has 148 valence electrons. The molecule has 2 aliphatic rings. The van der Waals surface area contributed by atoms with Gasteiger partial charge >= 0.3 is 0 Å². The van der Waals surface area contributed by atoms with Crippen molar-refractivity contribution in [3.8, 4) is 5.75 Å². The van der Waals surface area contributed by atoms with Gasteiger partial charge in [-0.05, 0) is 37.1 Å². The van der Waals surface area contributed by atoms with Crippen molar-refractivity contribution >= 4 is 5.91 Å².